The van der Waals surface area contributed by atoms with Crippen LogP contribution in [-0.2, 0) is 9.53 Å². The second-order valence-electron chi connectivity index (χ2n) is 10.3. The summed E-state index contributed by atoms with van der Waals surface area (Å²) in [6, 6.07) is 2.51. The maximum atomic E-state index is 13.2. The Morgan fingerprint density at radius 1 is 1.18 bits per heavy atom. The van der Waals surface area contributed by atoms with Gasteiger partial charge in [0, 0.05) is 23.5 Å². The fourth-order valence-corrected chi connectivity index (χ4v) is 6.64. The van der Waals surface area contributed by atoms with Crippen molar-refractivity contribution in [2.24, 2.45) is 5.41 Å². The molecule has 0 saturated heterocycles. The highest BCUT2D eigenvalue weighted by Crippen LogP contribution is 2.47. The number of rotatable bonds is 6. The molecule has 0 aliphatic heterocycles. The van der Waals surface area contributed by atoms with Crippen LogP contribution in [0.1, 0.15) is 105 Å². The van der Waals surface area contributed by atoms with E-state index in [4.69, 9.17) is 4.74 Å². The molecular weight excluding hydrogens is 436 g/mol. The largest absolute Gasteiger partial charge is 0.465 e. The second kappa shape index (κ2) is 9.95. The minimum atomic E-state index is -0.345. The average molecular weight is 473 g/mol. The first-order valence-electron chi connectivity index (χ1n) is 12.2. The molecule has 0 N–H and O–H groups in total. The lowest BCUT2D eigenvalue weighted by Gasteiger charge is -2.37. The molecule has 180 valence electrons. The van der Waals surface area contributed by atoms with Gasteiger partial charge in [-0.1, -0.05) is 26.0 Å². The quantitative estimate of drug-likeness (QED) is 0.501. The van der Waals surface area contributed by atoms with Crippen LogP contribution in [0.2, 0.25) is 0 Å². The topological polar surface area (TPSA) is 77.3 Å². The van der Waals surface area contributed by atoms with Gasteiger partial charge in [0.25, 0.3) is 0 Å². The molecule has 2 aliphatic carbocycles. The van der Waals surface area contributed by atoms with Crippen molar-refractivity contribution >= 4 is 28.9 Å². The van der Waals surface area contributed by atoms with Crippen molar-refractivity contribution in [1.82, 2.24) is 15.0 Å². The zero-order chi connectivity index (χ0) is 23.6. The Hall–Kier alpha value is -2.22. The normalized spacial score (nSPS) is 23.3. The van der Waals surface area contributed by atoms with Crippen molar-refractivity contribution in [3.8, 4) is 0 Å². The summed E-state index contributed by atoms with van der Waals surface area (Å²) in [5.74, 6) is 0.169. The maximum Gasteiger partial charge on any atom is 0.350 e. The number of thiophene rings is 1. The molecule has 0 spiro atoms. The van der Waals surface area contributed by atoms with Gasteiger partial charge in [0.2, 0.25) is 5.91 Å². The molecule has 8 heteroatoms. The Labute approximate surface area is 200 Å². The molecule has 0 unspecified atom stereocenters. The third-order valence-electron chi connectivity index (χ3n) is 7.52. The zero-order valence-corrected chi connectivity index (χ0v) is 21.1. The number of methoxy groups -OCH3 is 1. The van der Waals surface area contributed by atoms with E-state index in [0.717, 1.165) is 44.2 Å². The van der Waals surface area contributed by atoms with E-state index in [1.165, 1.54) is 36.2 Å². The molecule has 2 heterocycles. The van der Waals surface area contributed by atoms with Crippen LogP contribution in [0.25, 0.3) is 0 Å². The van der Waals surface area contributed by atoms with E-state index in [-0.39, 0.29) is 17.9 Å². The Bertz CT molecular complexity index is 950. The fraction of sp³-hybridized carbons (Fsp3) is 0.680. The van der Waals surface area contributed by atoms with Crippen LogP contribution in [0.5, 0.6) is 0 Å². The molecule has 0 bridgehead atoms. The SMILES string of the molecule is CCC(=O)N(c1cc(C2CCC(C)(C)CC2)sc1C(=O)OC)C1CCC(n2ccnn2)CC1. The first-order valence-corrected chi connectivity index (χ1v) is 13.0. The van der Waals surface area contributed by atoms with Crippen molar-refractivity contribution in [1.29, 1.82) is 0 Å². The van der Waals surface area contributed by atoms with Crippen molar-refractivity contribution in [2.45, 2.75) is 96.6 Å². The first kappa shape index (κ1) is 23.9. The molecule has 0 aromatic carbocycles. The van der Waals surface area contributed by atoms with E-state index in [1.807, 2.05) is 22.7 Å². The van der Waals surface area contributed by atoms with Gasteiger partial charge >= 0.3 is 5.97 Å². The van der Waals surface area contributed by atoms with Crippen LogP contribution in [-0.4, -0.2) is 40.0 Å². The van der Waals surface area contributed by atoms with Gasteiger partial charge in [-0.15, -0.1) is 16.4 Å². The highest BCUT2D eigenvalue weighted by molar-refractivity contribution is 7.14. The van der Waals surface area contributed by atoms with Crippen molar-refractivity contribution in [3.63, 3.8) is 0 Å². The number of nitrogens with zero attached hydrogens (tertiary/aromatic N) is 4. The summed E-state index contributed by atoms with van der Waals surface area (Å²) < 4.78 is 7.07. The Morgan fingerprint density at radius 3 is 2.45 bits per heavy atom. The highest BCUT2D eigenvalue weighted by Gasteiger charge is 2.35. The molecule has 0 atom stereocenters. The summed E-state index contributed by atoms with van der Waals surface area (Å²) >= 11 is 1.53. The van der Waals surface area contributed by atoms with E-state index in [1.54, 1.807) is 6.20 Å². The predicted octanol–water partition coefficient (Wildman–Crippen LogP) is 5.74. The smallest absolute Gasteiger partial charge is 0.350 e. The number of hydrogen-bond acceptors (Lipinski definition) is 6. The monoisotopic (exact) mass is 472 g/mol. The molecule has 7 nitrogen and oxygen atoms in total. The van der Waals surface area contributed by atoms with Crippen LogP contribution in [0.4, 0.5) is 5.69 Å². The lowest BCUT2D eigenvalue weighted by Crippen LogP contribution is -2.43. The van der Waals surface area contributed by atoms with Crippen LogP contribution in [0.3, 0.4) is 0 Å². The number of carbonyl (C=O) groups excluding carboxylic acids is 2. The van der Waals surface area contributed by atoms with Gasteiger partial charge in [0.1, 0.15) is 4.88 Å². The van der Waals surface area contributed by atoms with E-state index in [2.05, 4.69) is 30.2 Å². The minimum Gasteiger partial charge on any atom is -0.465 e. The summed E-state index contributed by atoms with van der Waals surface area (Å²) in [6.45, 7) is 6.56. The average Bonchev–Trinajstić information content (AvgIpc) is 3.50. The van der Waals surface area contributed by atoms with Gasteiger partial charge in [-0.05, 0) is 68.8 Å². The third-order valence-corrected chi connectivity index (χ3v) is 8.79. The van der Waals surface area contributed by atoms with Gasteiger partial charge < -0.3 is 9.64 Å². The van der Waals surface area contributed by atoms with Crippen molar-refractivity contribution in [2.75, 3.05) is 12.0 Å². The van der Waals surface area contributed by atoms with Gasteiger partial charge in [-0.3, -0.25) is 4.79 Å². The Morgan fingerprint density at radius 2 is 1.88 bits per heavy atom. The van der Waals surface area contributed by atoms with Crippen molar-refractivity contribution < 1.29 is 14.3 Å². The first-order chi connectivity index (χ1) is 15.8. The van der Waals surface area contributed by atoms with E-state index < -0.39 is 0 Å². The lowest BCUT2D eigenvalue weighted by atomic mass is 9.73. The molecular formula is C25H36N4O3S. The summed E-state index contributed by atoms with van der Waals surface area (Å²) in [7, 11) is 1.42. The molecule has 4 rings (SSSR count). The van der Waals surface area contributed by atoms with Crippen molar-refractivity contribution in [3.05, 3.63) is 28.2 Å². The summed E-state index contributed by atoms with van der Waals surface area (Å²) in [5.41, 5.74) is 1.14. The van der Waals surface area contributed by atoms with Crippen LogP contribution < -0.4 is 4.90 Å². The number of amides is 1. The van der Waals surface area contributed by atoms with E-state index in [0.29, 0.717) is 28.7 Å². The number of carbonyl (C=O) groups is 2. The highest BCUT2D eigenvalue weighted by atomic mass is 32.1. The molecule has 1 amide bonds. The van der Waals surface area contributed by atoms with Gasteiger partial charge in [0.05, 0.1) is 25.0 Å². The number of aromatic nitrogens is 3. The standard InChI is InChI=1S/C25H36N4O3S/c1-5-22(30)29(19-8-6-18(7-9-19)28-15-14-26-27-28)20-16-21(33-23(20)24(31)32-4)17-10-12-25(2,3)13-11-17/h14-19H,5-13H2,1-4H3. The minimum absolute atomic E-state index is 0.0680. The molecule has 2 aromatic rings. The second-order valence-corrected chi connectivity index (χ2v) is 11.3. The Balaban J connectivity index is 1.60. The lowest BCUT2D eigenvalue weighted by molar-refractivity contribution is -0.119. The van der Waals surface area contributed by atoms with Crippen LogP contribution >= 0.6 is 11.3 Å². The number of anilines is 1. The molecule has 2 saturated carbocycles. The van der Waals surface area contributed by atoms with Gasteiger partial charge in [0.15, 0.2) is 0 Å². The van der Waals surface area contributed by atoms with E-state index in [9.17, 15) is 9.59 Å². The summed E-state index contributed by atoms with van der Waals surface area (Å²) in [5, 5.41) is 8.09. The summed E-state index contributed by atoms with van der Waals surface area (Å²) in [4.78, 5) is 29.7. The molecule has 33 heavy (non-hydrogen) atoms. The molecule has 2 aliphatic rings. The molecule has 2 aromatic heterocycles. The number of hydrogen-bond donors (Lipinski definition) is 0. The van der Waals surface area contributed by atoms with E-state index >= 15 is 0 Å². The fourth-order valence-electron chi connectivity index (χ4n) is 5.40. The Kier molecular flexibility index (Phi) is 7.22. The summed E-state index contributed by atoms with van der Waals surface area (Å²) in [6.07, 6.45) is 12.3. The van der Waals surface area contributed by atoms with Crippen LogP contribution in [0.15, 0.2) is 18.5 Å². The van der Waals surface area contributed by atoms with Gasteiger partial charge in [-0.25, -0.2) is 9.48 Å². The third kappa shape index (κ3) is 5.15. The van der Waals surface area contributed by atoms with Crippen LogP contribution in [0, 0.1) is 5.41 Å². The number of ether oxygens (including phenoxy) is 1. The predicted molar refractivity (Wildman–Crippen MR) is 130 cm³/mol. The molecule has 2 fully saturated rings. The molecule has 0 radical (unpaired) electrons. The number of esters is 1. The van der Waals surface area contributed by atoms with Gasteiger partial charge in [-0.2, -0.15) is 0 Å². The maximum absolute atomic E-state index is 13.2. The zero-order valence-electron chi connectivity index (χ0n) is 20.2.